The predicted molar refractivity (Wildman–Crippen MR) is 80.0 cm³/mol. The zero-order valence-corrected chi connectivity index (χ0v) is 12.6. The van der Waals surface area contributed by atoms with Crippen molar-refractivity contribution in [2.75, 3.05) is 0 Å². The molecule has 0 fully saturated rings. The first kappa shape index (κ1) is 13.6. The maximum absolute atomic E-state index is 5.97. The highest BCUT2D eigenvalue weighted by Crippen LogP contribution is 2.23. The molecule has 4 heteroatoms. The fraction of sp³-hybridized carbons (Fsp3) is 0.286. The summed E-state index contributed by atoms with van der Waals surface area (Å²) >= 11 is 5.12. The smallest absolute Gasteiger partial charge is 0.122 e. The molecule has 1 aromatic heterocycles. The molecule has 0 bridgehead atoms. The third-order valence-corrected chi connectivity index (χ3v) is 4.42. The molecule has 1 atom stereocenters. The summed E-state index contributed by atoms with van der Waals surface area (Å²) < 4.78 is 6.83. The largest absolute Gasteiger partial charge is 0.488 e. The van der Waals surface area contributed by atoms with Crippen LogP contribution in [0.5, 0.6) is 5.75 Å². The molecule has 96 valence electrons. The molecule has 0 spiro atoms. The zero-order valence-electron chi connectivity index (χ0n) is 10.2. The molecule has 2 N–H and O–H groups in total. The first-order chi connectivity index (χ1) is 8.69. The summed E-state index contributed by atoms with van der Waals surface area (Å²) in [5.74, 6) is 0.881. The molecular formula is C14H16BrNOS. The highest BCUT2D eigenvalue weighted by molar-refractivity contribution is 9.10. The van der Waals surface area contributed by atoms with E-state index in [0.29, 0.717) is 6.61 Å². The minimum absolute atomic E-state index is 0.118. The van der Waals surface area contributed by atoms with Gasteiger partial charge in [-0.25, -0.2) is 0 Å². The summed E-state index contributed by atoms with van der Waals surface area (Å²) in [6.45, 7) is 2.69. The predicted octanol–water partition coefficient (Wildman–Crippen LogP) is 4.50. The average molecular weight is 326 g/mol. The van der Waals surface area contributed by atoms with Gasteiger partial charge in [-0.1, -0.05) is 19.1 Å². The van der Waals surface area contributed by atoms with Crippen molar-refractivity contribution in [3.8, 4) is 5.75 Å². The Morgan fingerprint density at radius 3 is 2.61 bits per heavy atom. The summed E-state index contributed by atoms with van der Waals surface area (Å²) in [5, 5.41) is 2.06. The van der Waals surface area contributed by atoms with E-state index in [4.69, 9.17) is 10.5 Å². The van der Waals surface area contributed by atoms with E-state index in [0.717, 1.165) is 22.2 Å². The van der Waals surface area contributed by atoms with Crippen LogP contribution in [0.1, 0.15) is 29.8 Å². The molecular weight excluding hydrogens is 310 g/mol. The lowest BCUT2D eigenvalue weighted by Gasteiger charge is -2.10. The van der Waals surface area contributed by atoms with E-state index in [1.807, 2.05) is 24.3 Å². The lowest BCUT2D eigenvalue weighted by molar-refractivity contribution is 0.309. The van der Waals surface area contributed by atoms with Crippen LogP contribution in [-0.4, -0.2) is 0 Å². The fourth-order valence-electron chi connectivity index (χ4n) is 1.63. The topological polar surface area (TPSA) is 35.2 Å². The van der Waals surface area contributed by atoms with Gasteiger partial charge in [0.2, 0.25) is 0 Å². The molecule has 2 rings (SSSR count). The maximum atomic E-state index is 5.97. The molecule has 2 nitrogen and oxygen atoms in total. The van der Waals surface area contributed by atoms with E-state index in [9.17, 15) is 0 Å². The van der Waals surface area contributed by atoms with E-state index in [1.165, 1.54) is 4.88 Å². The van der Waals surface area contributed by atoms with Gasteiger partial charge in [0.25, 0.3) is 0 Å². The SMILES string of the molecule is CC[C@H](N)c1ccc(OCc2cc(Br)cs2)cc1. The Morgan fingerprint density at radius 2 is 2.06 bits per heavy atom. The van der Waals surface area contributed by atoms with Gasteiger partial charge < -0.3 is 10.5 Å². The first-order valence-corrected chi connectivity index (χ1v) is 7.57. The number of thiophene rings is 1. The normalized spacial score (nSPS) is 12.4. The quantitative estimate of drug-likeness (QED) is 0.878. The van der Waals surface area contributed by atoms with Crippen LogP contribution in [0.2, 0.25) is 0 Å². The Kier molecular flexibility index (Phi) is 4.80. The van der Waals surface area contributed by atoms with E-state index in [1.54, 1.807) is 11.3 Å². The van der Waals surface area contributed by atoms with Crippen molar-refractivity contribution < 1.29 is 4.74 Å². The van der Waals surface area contributed by atoms with Crippen molar-refractivity contribution in [1.82, 2.24) is 0 Å². The van der Waals surface area contributed by atoms with Crippen LogP contribution >= 0.6 is 27.3 Å². The highest BCUT2D eigenvalue weighted by atomic mass is 79.9. The van der Waals surface area contributed by atoms with Crippen molar-refractivity contribution in [1.29, 1.82) is 0 Å². The maximum Gasteiger partial charge on any atom is 0.122 e. The summed E-state index contributed by atoms with van der Waals surface area (Å²) in [6.07, 6.45) is 0.948. The van der Waals surface area contributed by atoms with Gasteiger partial charge in [-0.05, 0) is 46.1 Å². The van der Waals surface area contributed by atoms with Gasteiger partial charge in [0.05, 0.1) is 0 Å². The number of ether oxygens (including phenoxy) is 1. The van der Waals surface area contributed by atoms with Gasteiger partial charge in [-0.15, -0.1) is 11.3 Å². The second-order valence-electron chi connectivity index (χ2n) is 4.10. The van der Waals surface area contributed by atoms with Gasteiger partial charge in [0.1, 0.15) is 12.4 Å². The van der Waals surface area contributed by atoms with Crippen LogP contribution in [0.3, 0.4) is 0 Å². The molecule has 18 heavy (non-hydrogen) atoms. The van der Waals surface area contributed by atoms with Gasteiger partial charge in [0, 0.05) is 20.8 Å². The highest BCUT2D eigenvalue weighted by Gasteiger charge is 2.03. The molecule has 0 amide bonds. The molecule has 1 aromatic carbocycles. The summed E-state index contributed by atoms with van der Waals surface area (Å²) in [6, 6.07) is 10.2. The lowest BCUT2D eigenvalue weighted by Crippen LogP contribution is -2.08. The molecule has 0 unspecified atom stereocenters. The van der Waals surface area contributed by atoms with Crippen LogP contribution in [0.25, 0.3) is 0 Å². The van der Waals surface area contributed by atoms with Crippen molar-refractivity contribution in [2.45, 2.75) is 26.0 Å². The minimum Gasteiger partial charge on any atom is -0.488 e. The van der Waals surface area contributed by atoms with Gasteiger partial charge in [-0.3, -0.25) is 0 Å². The molecule has 1 heterocycles. The Balaban J connectivity index is 1.94. The molecule has 0 saturated carbocycles. The molecule has 0 aliphatic carbocycles. The first-order valence-electron chi connectivity index (χ1n) is 5.90. The monoisotopic (exact) mass is 325 g/mol. The van der Waals surface area contributed by atoms with Crippen molar-refractivity contribution in [3.63, 3.8) is 0 Å². The van der Waals surface area contributed by atoms with E-state index < -0.39 is 0 Å². The van der Waals surface area contributed by atoms with Crippen molar-refractivity contribution >= 4 is 27.3 Å². The van der Waals surface area contributed by atoms with Gasteiger partial charge >= 0.3 is 0 Å². The Hall–Kier alpha value is -0.840. The standard InChI is InChI=1S/C14H16BrNOS/c1-2-14(16)10-3-5-12(6-4-10)17-8-13-7-11(15)9-18-13/h3-7,9,14H,2,8,16H2,1H3/t14-/m0/s1. The molecule has 0 saturated heterocycles. The number of benzene rings is 1. The summed E-state index contributed by atoms with van der Waals surface area (Å²) in [4.78, 5) is 1.20. The van der Waals surface area contributed by atoms with Crippen LogP contribution in [0, 0.1) is 0 Å². The molecule has 0 radical (unpaired) electrons. The third-order valence-electron chi connectivity index (χ3n) is 2.75. The average Bonchev–Trinajstić information content (AvgIpc) is 2.82. The number of hydrogen-bond acceptors (Lipinski definition) is 3. The summed E-state index contributed by atoms with van der Waals surface area (Å²) in [7, 11) is 0. The number of halogens is 1. The second kappa shape index (κ2) is 6.36. The summed E-state index contributed by atoms with van der Waals surface area (Å²) in [5.41, 5.74) is 7.12. The molecule has 0 aliphatic rings. The number of hydrogen-bond donors (Lipinski definition) is 1. The van der Waals surface area contributed by atoms with Crippen LogP contribution < -0.4 is 10.5 Å². The van der Waals surface area contributed by atoms with Gasteiger partial charge in [-0.2, -0.15) is 0 Å². The van der Waals surface area contributed by atoms with E-state index >= 15 is 0 Å². The van der Waals surface area contributed by atoms with Crippen LogP contribution in [-0.2, 0) is 6.61 Å². The van der Waals surface area contributed by atoms with E-state index in [-0.39, 0.29) is 6.04 Å². The Bertz CT molecular complexity index is 495. The van der Waals surface area contributed by atoms with Gasteiger partial charge in [0.15, 0.2) is 0 Å². The fourth-order valence-corrected chi connectivity index (χ4v) is 2.99. The minimum atomic E-state index is 0.118. The van der Waals surface area contributed by atoms with E-state index in [2.05, 4.69) is 34.3 Å². The van der Waals surface area contributed by atoms with Crippen LogP contribution in [0.15, 0.2) is 40.2 Å². The number of nitrogens with two attached hydrogens (primary N) is 1. The number of rotatable bonds is 5. The lowest BCUT2D eigenvalue weighted by atomic mass is 10.1. The Labute approximate surface area is 120 Å². The Morgan fingerprint density at radius 1 is 1.33 bits per heavy atom. The molecule has 0 aliphatic heterocycles. The van der Waals surface area contributed by atoms with Crippen molar-refractivity contribution in [2.24, 2.45) is 5.73 Å². The zero-order chi connectivity index (χ0) is 13.0. The third kappa shape index (κ3) is 3.57. The molecule has 2 aromatic rings. The van der Waals surface area contributed by atoms with Crippen molar-refractivity contribution in [3.05, 3.63) is 50.6 Å². The van der Waals surface area contributed by atoms with Crippen LogP contribution in [0.4, 0.5) is 0 Å². The second-order valence-corrected chi connectivity index (χ2v) is 6.02.